The molecule has 0 aliphatic heterocycles. The zero-order chi connectivity index (χ0) is 12.8. The molecule has 1 N–H and O–H groups in total. The van der Waals surface area contributed by atoms with Crippen LogP contribution in [0.2, 0.25) is 0 Å². The number of likely N-dealkylation sites (N-methyl/N-ethyl adjacent to an activating group) is 1. The molecule has 0 heterocycles. The van der Waals surface area contributed by atoms with E-state index in [2.05, 4.69) is 33.1 Å². The molecule has 0 atom stereocenters. The van der Waals surface area contributed by atoms with E-state index in [9.17, 15) is 8.78 Å². The number of nitrogens with zero attached hydrogens (tertiary/aromatic N) is 1. The Bertz CT molecular complexity index is 349. The summed E-state index contributed by atoms with van der Waals surface area (Å²) in [5, 5.41) is 3.03. The van der Waals surface area contributed by atoms with Gasteiger partial charge in [0.25, 0.3) is 0 Å². The first kappa shape index (κ1) is 14.5. The highest BCUT2D eigenvalue weighted by Crippen LogP contribution is 2.19. The normalized spacial score (nSPS) is 11.2. The highest BCUT2D eigenvalue weighted by molar-refractivity contribution is 9.10. The van der Waals surface area contributed by atoms with Crippen LogP contribution in [0.4, 0.5) is 8.78 Å². The minimum atomic E-state index is -0.520. The molecular formula is C12H17BrF2N2. The lowest BCUT2D eigenvalue weighted by Crippen LogP contribution is -2.29. The van der Waals surface area contributed by atoms with E-state index in [4.69, 9.17) is 0 Å². The molecule has 0 fully saturated rings. The van der Waals surface area contributed by atoms with Crippen LogP contribution in [0, 0.1) is 11.6 Å². The maximum atomic E-state index is 13.4. The number of rotatable bonds is 6. The van der Waals surface area contributed by atoms with Gasteiger partial charge in [0.2, 0.25) is 0 Å². The van der Waals surface area contributed by atoms with Crippen molar-refractivity contribution < 1.29 is 8.78 Å². The topological polar surface area (TPSA) is 15.3 Å². The molecule has 0 aliphatic rings. The highest BCUT2D eigenvalue weighted by Gasteiger charge is 2.09. The van der Waals surface area contributed by atoms with E-state index in [0.717, 1.165) is 13.1 Å². The number of hydrogen-bond acceptors (Lipinski definition) is 2. The molecule has 0 aromatic heterocycles. The molecule has 0 saturated carbocycles. The van der Waals surface area contributed by atoms with Gasteiger partial charge in [-0.1, -0.05) is 22.9 Å². The standard InChI is InChI=1S/C12H17BrF2N2/c1-3-17(2)5-4-16-8-10-11(14)6-9(13)7-12(10)15/h6-7,16H,3-5,8H2,1-2H3. The predicted octanol–water partition coefficient (Wildman–Crippen LogP) is 2.77. The van der Waals surface area contributed by atoms with Crippen molar-refractivity contribution >= 4 is 15.9 Å². The number of benzene rings is 1. The van der Waals surface area contributed by atoms with Crippen LogP contribution in [0.25, 0.3) is 0 Å². The highest BCUT2D eigenvalue weighted by atomic mass is 79.9. The van der Waals surface area contributed by atoms with Crippen LogP contribution in [0.15, 0.2) is 16.6 Å². The van der Waals surface area contributed by atoms with Gasteiger partial charge < -0.3 is 10.2 Å². The summed E-state index contributed by atoms with van der Waals surface area (Å²) in [5.74, 6) is -1.04. The summed E-state index contributed by atoms with van der Waals surface area (Å²) in [6, 6.07) is 2.55. The van der Waals surface area contributed by atoms with E-state index in [1.807, 2.05) is 7.05 Å². The second-order valence-corrected chi connectivity index (χ2v) is 4.84. The van der Waals surface area contributed by atoms with E-state index in [1.165, 1.54) is 12.1 Å². The fourth-order valence-electron chi connectivity index (χ4n) is 1.38. The maximum absolute atomic E-state index is 13.4. The molecule has 0 bridgehead atoms. The molecule has 0 aliphatic carbocycles. The zero-order valence-corrected chi connectivity index (χ0v) is 11.7. The SMILES string of the molecule is CCN(C)CCNCc1c(F)cc(Br)cc1F. The summed E-state index contributed by atoms with van der Waals surface area (Å²) in [6.07, 6.45) is 0. The van der Waals surface area contributed by atoms with Gasteiger partial charge in [-0.15, -0.1) is 0 Å². The van der Waals surface area contributed by atoms with Crippen molar-refractivity contribution in [2.24, 2.45) is 0 Å². The second-order valence-electron chi connectivity index (χ2n) is 3.92. The fourth-order valence-corrected chi connectivity index (χ4v) is 1.78. The first-order valence-electron chi connectivity index (χ1n) is 5.57. The van der Waals surface area contributed by atoms with Gasteiger partial charge in [0.1, 0.15) is 11.6 Å². The molecule has 0 radical (unpaired) electrons. The summed E-state index contributed by atoms with van der Waals surface area (Å²) in [4.78, 5) is 2.13. The molecule has 5 heteroatoms. The molecule has 1 aromatic carbocycles. The molecule has 0 amide bonds. The lowest BCUT2D eigenvalue weighted by Gasteiger charge is -2.14. The van der Waals surface area contributed by atoms with E-state index < -0.39 is 11.6 Å². The molecule has 0 unspecified atom stereocenters. The van der Waals surface area contributed by atoms with Crippen molar-refractivity contribution in [1.82, 2.24) is 10.2 Å². The third-order valence-electron chi connectivity index (χ3n) is 2.62. The van der Waals surface area contributed by atoms with Crippen LogP contribution in [-0.2, 0) is 6.54 Å². The van der Waals surface area contributed by atoms with Crippen LogP contribution >= 0.6 is 15.9 Å². The molecule has 17 heavy (non-hydrogen) atoms. The predicted molar refractivity (Wildman–Crippen MR) is 68.9 cm³/mol. The summed E-state index contributed by atoms with van der Waals surface area (Å²) in [6.45, 7) is 4.80. The Hall–Kier alpha value is -0.520. The summed E-state index contributed by atoms with van der Waals surface area (Å²) in [7, 11) is 2.00. The third kappa shape index (κ3) is 4.69. The Kier molecular flexibility index (Phi) is 6.02. The average molecular weight is 307 g/mol. The van der Waals surface area contributed by atoms with Crippen molar-refractivity contribution in [2.75, 3.05) is 26.7 Å². The Morgan fingerprint density at radius 2 is 1.88 bits per heavy atom. The van der Waals surface area contributed by atoms with Crippen LogP contribution in [0.5, 0.6) is 0 Å². The van der Waals surface area contributed by atoms with Crippen molar-refractivity contribution in [2.45, 2.75) is 13.5 Å². The number of hydrogen-bond donors (Lipinski definition) is 1. The largest absolute Gasteiger partial charge is 0.311 e. The van der Waals surface area contributed by atoms with Gasteiger partial charge in [0.05, 0.1) is 0 Å². The fraction of sp³-hybridized carbons (Fsp3) is 0.500. The molecule has 1 rings (SSSR count). The van der Waals surface area contributed by atoms with E-state index in [1.54, 1.807) is 0 Å². The van der Waals surface area contributed by atoms with Crippen molar-refractivity contribution in [1.29, 1.82) is 0 Å². The van der Waals surface area contributed by atoms with E-state index in [0.29, 0.717) is 11.0 Å². The first-order chi connectivity index (χ1) is 8.04. The molecule has 96 valence electrons. The molecular weight excluding hydrogens is 290 g/mol. The van der Waals surface area contributed by atoms with Crippen LogP contribution < -0.4 is 5.32 Å². The second kappa shape index (κ2) is 7.03. The average Bonchev–Trinajstić information content (AvgIpc) is 2.26. The molecule has 0 spiro atoms. The van der Waals surface area contributed by atoms with Gasteiger partial charge in [0, 0.05) is 29.7 Å². The molecule has 2 nitrogen and oxygen atoms in total. The molecule has 0 saturated heterocycles. The Labute approximate surface area is 109 Å². The van der Waals surface area contributed by atoms with Crippen molar-refractivity contribution in [3.8, 4) is 0 Å². The van der Waals surface area contributed by atoms with Gasteiger partial charge in [-0.05, 0) is 25.7 Å². The van der Waals surface area contributed by atoms with Crippen molar-refractivity contribution in [3.05, 3.63) is 33.8 Å². The van der Waals surface area contributed by atoms with Crippen molar-refractivity contribution in [3.63, 3.8) is 0 Å². The van der Waals surface area contributed by atoms with Gasteiger partial charge >= 0.3 is 0 Å². The molecule has 1 aromatic rings. The lowest BCUT2D eigenvalue weighted by molar-refractivity contribution is 0.348. The first-order valence-corrected chi connectivity index (χ1v) is 6.36. The maximum Gasteiger partial charge on any atom is 0.131 e. The van der Waals surface area contributed by atoms with E-state index >= 15 is 0 Å². The van der Waals surface area contributed by atoms with Crippen LogP contribution in [0.1, 0.15) is 12.5 Å². The summed E-state index contributed by atoms with van der Waals surface area (Å²) < 4.78 is 27.3. The quantitative estimate of drug-likeness (QED) is 0.813. The third-order valence-corrected chi connectivity index (χ3v) is 3.08. The number of nitrogens with one attached hydrogen (secondary N) is 1. The monoisotopic (exact) mass is 306 g/mol. The summed E-state index contributed by atoms with van der Waals surface area (Å²) in [5.41, 5.74) is 0.0901. The minimum Gasteiger partial charge on any atom is -0.311 e. The van der Waals surface area contributed by atoms with Crippen LogP contribution in [-0.4, -0.2) is 31.6 Å². The van der Waals surface area contributed by atoms with E-state index in [-0.39, 0.29) is 12.1 Å². The Balaban J connectivity index is 2.47. The minimum absolute atomic E-state index is 0.0901. The van der Waals surface area contributed by atoms with Gasteiger partial charge in [-0.2, -0.15) is 0 Å². The lowest BCUT2D eigenvalue weighted by atomic mass is 10.2. The van der Waals surface area contributed by atoms with Gasteiger partial charge in [-0.25, -0.2) is 8.78 Å². The van der Waals surface area contributed by atoms with Gasteiger partial charge in [-0.3, -0.25) is 0 Å². The number of halogens is 3. The Morgan fingerprint density at radius 3 is 2.41 bits per heavy atom. The van der Waals surface area contributed by atoms with Gasteiger partial charge in [0.15, 0.2) is 0 Å². The Morgan fingerprint density at radius 1 is 1.29 bits per heavy atom. The smallest absolute Gasteiger partial charge is 0.131 e. The van der Waals surface area contributed by atoms with Crippen LogP contribution in [0.3, 0.4) is 0 Å². The summed E-state index contributed by atoms with van der Waals surface area (Å²) >= 11 is 3.05. The zero-order valence-electron chi connectivity index (χ0n) is 10.1.